The number of benzene rings is 3. The fourth-order valence-electron chi connectivity index (χ4n) is 5.12. The second kappa shape index (κ2) is 17.0. The molecule has 0 aliphatic rings. The molecule has 2 nitrogen and oxygen atoms in total. The molecule has 0 aliphatic heterocycles. The molecule has 2 unspecified atom stereocenters. The van der Waals surface area contributed by atoms with Crippen molar-refractivity contribution >= 4 is 34.2 Å². The highest BCUT2D eigenvalue weighted by Crippen LogP contribution is 2.27. The molecule has 0 aliphatic carbocycles. The Hall–Kier alpha value is -3.75. The first kappa shape index (κ1) is 32.5. The van der Waals surface area contributed by atoms with Crippen LogP contribution >= 0.6 is 0 Å². The van der Waals surface area contributed by atoms with E-state index in [1.165, 1.54) is 32.7 Å². The quantitative estimate of drug-likeness (QED) is 0.150. The molecule has 0 amide bonds. The summed E-state index contributed by atoms with van der Waals surface area (Å²) in [5, 5.41) is 7.28. The van der Waals surface area contributed by atoms with Gasteiger partial charge in [0.15, 0.2) is 0 Å². The van der Waals surface area contributed by atoms with Crippen LogP contribution in [0.3, 0.4) is 0 Å². The van der Waals surface area contributed by atoms with Crippen LogP contribution in [0.5, 0.6) is 0 Å². The minimum atomic E-state index is 0.421. The third-order valence-electron chi connectivity index (χ3n) is 7.12. The van der Waals surface area contributed by atoms with Crippen molar-refractivity contribution in [3.63, 3.8) is 0 Å². The lowest BCUT2D eigenvalue weighted by Crippen LogP contribution is -2.35. The molecule has 0 saturated carbocycles. The number of likely N-dealkylation sites (N-methyl/N-ethyl adjacent to an activating group) is 1. The monoisotopic (exact) mass is 532 g/mol. The first-order chi connectivity index (χ1) is 19.4. The molecule has 4 rings (SSSR count). The Labute approximate surface area is 242 Å². The van der Waals surface area contributed by atoms with Gasteiger partial charge in [-0.2, -0.15) is 0 Å². The van der Waals surface area contributed by atoms with Gasteiger partial charge in [-0.05, 0) is 83.5 Å². The van der Waals surface area contributed by atoms with Crippen LogP contribution in [0, 0.1) is 12.8 Å². The van der Waals surface area contributed by atoms with Crippen LogP contribution in [0.25, 0.3) is 34.2 Å². The summed E-state index contributed by atoms with van der Waals surface area (Å²) in [6.07, 6.45) is 11.7. The van der Waals surface area contributed by atoms with Gasteiger partial charge in [-0.1, -0.05) is 107 Å². The van der Waals surface area contributed by atoms with Crippen LogP contribution in [0.1, 0.15) is 50.7 Å². The lowest BCUT2D eigenvalue weighted by molar-refractivity contribution is 0.283. The van der Waals surface area contributed by atoms with Crippen molar-refractivity contribution in [2.45, 2.75) is 46.5 Å². The standard InChI is InChI=1S/C21H30N2.C15H12.C2H6/c1-7-10-12-19(16-23(6)15-17(4)9-3)21-13-14-22-18(5)20(21)11-8-2;1-11-14-8-4-2-6-12(14)10-13-7-3-5-9-15(11)13;1-2/h7-9,11,13-14,17,19H,1-3,5,10,12,15-16H2,4,6H3;2-10H,1H3;1-2H3/b20-11+;;. The highest BCUT2D eigenvalue weighted by molar-refractivity contribution is 6.01. The molecule has 0 spiro atoms. The smallest absolute Gasteiger partial charge is 0.0633 e. The maximum atomic E-state index is 4.32. The maximum Gasteiger partial charge on any atom is 0.0633 e. The van der Waals surface area contributed by atoms with E-state index in [9.17, 15) is 0 Å². The van der Waals surface area contributed by atoms with Gasteiger partial charge in [0, 0.05) is 24.5 Å². The Bertz CT molecular complexity index is 1440. The average molecular weight is 533 g/mol. The number of pyridine rings is 1. The van der Waals surface area contributed by atoms with E-state index in [1.807, 2.05) is 44.3 Å². The summed E-state index contributed by atoms with van der Waals surface area (Å²) in [4.78, 5) is 6.70. The first-order valence-corrected chi connectivity index (χ1v) is 14.4. The summed E-state index contributed by atoms with van der Waals surface area (Å²) < 4.78 is 0. The number of aromatic nitrogens is 1. The molecule has 2 atom stereocenters. The van der Waals surface area contributed by atoms with Gasteiger partial charge in [-0.25, -0.2) is 0 Å². The molecule has 0 fully saturated rings. The number of rotatable bonds is 10. The van der Waals surface area contributed by atoms with Gasteiger partial charge in [0.05, 0.1) is 5.35 Å². The van der Waals surface area contributed by atoms with Crippen molar-refractivity contribution in [3.8, 4) is 0 Å². The number of allylic oxidation sites excluding steroid dienone is 2. The van der Waals surface area contributed by atoms with Crippen LogP contribution in [0.4, 0.5) is 0 Å². The molecule has 210 valence electrons. The molecule has 0 bridgehead atoms. The van der Waals surface area contributed by atoms with Gasteiger partial charge in [0.2, 0.25) is 0 Å². The molecule has 0 radical (unpaired) electrons. The van der Waals surface area contributed by atoms with E-state index in [0.717, 1.165) is 36.5 Å². The van der Waals surface area contributed by atoms with E-state index in [1.54, 1.807) is 0 Å². The predicted molar refractivity (Wildman–Crippen MR) is 180 cm³/mol. The van der Waals surface area contributed by atoms with E-state index in [4.69, 9.17) is 0 Å². The second-order valence-corrected chi connectivity index (χ2v) is 10.1. The summed E-state index contributed by atoms with van der Waals surface area (Å²) in [5.41, 5.74) is 2.67. The van der Waals surface area contributed by atoms with Gasteiger partial charge in [0.25, 0.3) is 0 Å². The molecule has 1 aromatic heterocycles. The molecule has 3 aromatic carbocycles. The fraction of sp³-hybridized carbons (Fsp3) is 0.289. The third-order valence-corrected chi connectivity index (χ3v) is 7.12. The molecular formula is C38H48N2. The number of fused-ring (bicyclic) bond motifs is 2. The van der Waals surface area contributed by atoms with Gasteiger partial charge in [0.1, 0.15) is 0 Å². The number of hydrogen-bond acceptors (Lipinski definition) is 2. The fourth-order valence-corrected chi connectivity index (χ4v) is 5.12. The van der Waals surface area contributed by atoms with E-state index in [2.05, 4.69) is 118 Å². The van der Waals surface area contributed by atoms with Crippen molar-refractivity contribution < 1.29 is 0 Å². The minimum Gasteiger partial charge on any atom is -0.305 e. The second-order valence-electron chi connectivity index (χ2n) is 10.1. The normalized spacial score (nSPS) is 12.6. The SMILES string of the molecule is C=C/C=c1/c(C(CCC=C)CN(C)CC(C)C=C)ccnc1=C.CC.Cc1c2ccccc2cc2ccccc12. The topological polar surface area (TPSA) is 16.1 Å². The zero-order valence-electron chi connectivity index (χ0n) is 25.4. The van der Waals surface area contributed by atoms with Crippen LogP contribution in [0.2, 0.25) is 0 Å². The maximum absolute atomic E-state index is 4.32. The summed E-state index contributed by atoms with van der Waals surface area (Å²) in [5.74, 6) is 0.907. The molecule has 0 saturated heterocycles. The van der Waals surface area contributed by atoms with Crippen molar-refractivity contribution in [1.82, 2.24) is 9.88 Å². The highest BCUT2D eigenvalue weighted by atomic mass is 15.1. The largest absolute Gasteiger partial charge is 0.305 e. The Morgan fingerprint density at radius 1 is 0.900 bits per heavy atom. The first-order valence-electron chi connectivity index (χ1n) is 14.4. The van der Waals surface area contributed by atoms with Crippen LogP contribution in [-0.4, -0.2) is 30.0 Å². The molecular weight excluding hydrogens is 484 g/mol. The highest BCUT2D eigenvalue weighted by Gasteiger charge is 2.16. The lowest BCUT2D eigenvalue weighted by atomic mass is 9.92. The number of nitrogens with zero attached hydrogens (tertiary/aromatic N) is 2. The van der Waals surface area contributed by atoms with Crippen LogP contribution in [-0.2, 0) is 0 Å². The van der Waals surface area contributed by atoms with Crippen LogP contribution in [0.15, 0.2) is 105 Å². The van der Waals surface area contributed by atoms with Gasteiger partial charge >= 0.3 is 0 Å². The summed E-state index contributed by atoms with van der Waals surface area (Å²) in [6, 6.07) is 21.5. The average Bonchev–Trinajstić information content (AvgIpc) is 2.98. The van der Waals surface area contributed by atoms with Gasteiger partial charge in [-0.15, -0.1) is 13.2 Å². The number of aryl methyl sites for hydroxylation is 1. The molecule has 1 heterocycles. The van der Waals surface area contributed by atoms with Crippen LogP contribution < -0.4 is 10.6 Å². The van der Waals surface area contributed by atoms with Gasteiger partial charge in [-0.3, -0.25) is 4.98 Å². The molecule has 2 heteroatoms. The Kier molecular flexibility index (Phi) is 13.8. The molecule has 4 aromatic rings. The number of hydrogen-bond donors (Lipinski definition) is 0. The summed E-state index contributed by atoms with van der Waals surface area (Å²) in [7, 11) is 2.17. The van der Waals surface area contributed by atoms with Crippen molar-refractivity contribution in [1.29, 1.82) is 0 Å². The third kappa shape index (κ3) is 8.89. The van der Waals surface area contributed by atoms with E-state index >= 15 is 0 Å². The van der Waals surface area contributed by atoms with E-state index in [0.29, 0.717) is 11.8 Å². The zero-order valence-corrected chi connectivity index (χ0v) is 25.4. The van der Waals surface area contributed by atoms with Gasteiger partial charge < -0.3 is 4.90 Å². The minimum absolute atomic E-state index is 0.421. The molecule has 0 N–H and O–H groups in total. The van der Waals surface area contributed by atoms with Crippen molar-refractivity contribution in [2.75, 3.05) is 20.1 Å². The van der Waals surface area contributed by atoms with E-state index < -0.39 is 0 Å². The lowest BCUT2D eigenvalue weighted by Gasteiger charge is -2.26. The Morgan fingerprint density at radius 3 is 2.05 bits per heavy atom. The Balaban J connectivity index is 0.000000281. The van der Waals surface area contributed by atoms with Crippen molar-refractivity contribution in [3.05, 3.63) is 127 Å². The molecule has 40 heavy (non-hydrogen) atoms. The van der Waals surface area contributed by atoms with Crippen molar-refractivity contribution in [2.24, 2.45) is 5.92 Å². The Morgan fingerprint density at radius 2 is 1.50 bits per heavy atom. The summed E-state index contributed by atoms with van der Waals surface area (Å²) in [6.45, 7) is 26.0. The zero-order chi connectivity index (χ0) is 29.5. The van der Waals surface area contributed by atoms with E-state index in [-0.39, 0.29) is 0 Å². The predicted octanol–water partition coefficient (Wildman–Crippen LogP) is 8.59. The summed E-state index contributed by atoms with van der Waals surface area (Å²) >= 11 is 0.